The SMILES string of the molecule is COCC1CCCN(c2nc(CCl)co2)C1. The highest BCUT2D eigenvalue weighted by Gasteiger charge is 2.22. The van der Waals surface area contributed by atoms with Crippen LogP contribution in [-0.4, -0.2) is 31.8 Å². The lowest BCUT2D eigenvalue weighted by molar-refractivity contribution is 0.142. The number of rotatable bonds is 4. The standard InChI is InChI=1S/C11H17ClN2O2/c1-15-7-9-3-2-4-14(6-9)11-13-10(5-12)8-16-11/h8-9H,2-7H2,1H3. The predicted molar refractivity (Wildman–Crippen MR) is 62.9 cm³/mol. The number of hydrogen-bond donors (Lipinski definition) is 0. The van der Waals surface area contributed by atoms with E-state index in [1.165, 1.54) is 6.42 Å². The minimum atomic E-state index is 0.402. The van der Waals surface area contributed by atoms with E-state index in [0.29, 0.717) is 17.8 Å². The lowest BCUT2D eigenvalue weighted by atomic mass is 9.99. The van der Waals surface area contributed by atoms with E-state index >= 15 is 0 Å². The van der Waals surface area contributed by atoms with Gasteiger partial charge in [-0.2, -0.15) is 4.98 Å². The Balaban J connectivity index is 1.98. The fraction of sp³-hybridized carbons (Fsp3) is 0.727. The van der Waals surface area contributed by atoms with Crippen molar-refractivity contribution in [2.45, 2.75) is 18.7 Å². The molecule has 0 bridgehead atoms. The molecule has 1 aliphatic rings. The third-order valence-corrected chi connectivity index (χ3v) is 3.14. The molecule has 2 heterocycles. The first-order valence-electron chi connectivity index (χ1n) is 5.57. The predicted octanol–water partition coefficient (Wildman–Crippen LogP) is 2.28. The number of alkyl halides is 1. The number of oxazole rings is 1. The van der Waals surface area contributed by atoms with Gasteiger partial charge in [-0.05, 0) is 18.8 Å². The Bertz CT molecular complexity index is 328. The molecule has 0 spiro atoms. The summed E-state index contributed by atoms with van der Waals surface area (Å²) in [5.74, 6) is 0.976. The van der Waals surface area contributed by atoms with Crippen LogP contribution in [0, 0.1) is 5.92 Å². The smallest absolute Gasteiger partial charge is 0.297 e. The van der Waals surface area contributed by atoms with E-state index in [4.69, 9.17) is 20.8 Å². The van der Waals surface area contributed by atoms with Crippen molar-refractivity contribution in [2.75, 3.05) is 31.7 Å². The third kappa shape index (κ3) is 2.68. The van der Waals surface area contributed by atoms with E-state index in [9.17, 15) is 0 Å². The maximum absolute atomic E-state index is 5.70. The second-order valence-corrected chi connectivity index (χ2v) is 4.43. The molecule has 0 radical (unpaired) electrons. The Labute approximate surface area is 101 Å². The zero-order chi connectivity index (χ0) is 11.4. The summed E-state index contributed by atoms with van der Waals surface area (Å²) in [5.41, 5.74) is 0.797. The Morgan fingerprint density at radius 3 is 3.25 bits per heavy atom. The van der Waals surface area contributed by atoms with Gasteiger partial charge in [0.15, 0.2) is 0 Å². The molecule has 1 aromatic rings. The second-order valence-electron chi connectivity index (χ2n) is 4.16. The fourth-order valence-corrected chi connectivity index (χ4v) is 2.24. The Morgan fingerprint density at radius 1 is 1.69 bits per heavy atom. The molecule has 0 N–H and O–H groups in total. The van der Waals surface area contributed by atoms with Crippen LogP contribution >= 0.6 is 11.6 Å². The van der Waals surface area contributed by atoms with Crippen molar-refractivity contribution in [1.82, 2.24) is 4.98 Å². The van der Waals surface area contributed by atoms with Gasteiger partial charge >= 0.3 is 0 Å². The van der Waals surface area contributed by atoms with E-state index < -0.39 is 0 Å². The van der Waals surface area contributed by atoms with Gasteiger partial charge in [-0.1, -0.05) is 0 Å². The van der Waals surface area contributed by atoms with Crippen LogP contribution in [0.2, 0.25) is 0 Å². The number of hydrogen-bond acceptors (Lipinski definition) is 4. The Morgan fingerprint density at radius 2 is 2.56 bits per heavy atom. The normalized spacial score (nSPS) is 21.4. The molecule has 1 saturated heterocycles. The van der Waals surface area contributed by atoms with Crippen molar-refractivity contribution >= 4 is 17.6 Å². The highest BCUT2D eigenvalue weighted by Crippen LogP contribution is 2.23. The topological polar surface area (TPSA) is 38.5 Å². The molecule has 1 atom stereocenters. The maximum Gasteiger partial charge on any atom is 0.297 e. The molecule has 0 amide bonds. The van der Waals surface area contributed by atoms with Crippen LogP contribution < -0.4 is 4.90 Å². The van der Waals surface area contributed by atoms with Gasteiger partial charge < -0.3 is 14.1 Å². The van der Waals surface area contributed by atoms with Crippen molar-refractivity contribution in [3.8, 4) is 0 Å². The number of methoxy groups -OCH3 is 1. The summed E-state index contributed by atoms with van der Waals surface area (Å²) in [6, 6.07) is 0.691. The van der Waals surface area contributed by atoms with Gasteiger partial charge in [-0.15, -0.1) is 11.6 Å². The number of nitrogens with zero attached hydrogens (tertiary/aromatic N) is 2. The average molecular weight is 245 g/mol. The molecule has 1 fully saturated rings. The van der Waals surface area contributed by atoms with Crippen molar-refractivity contribution in [3.05, 3.63) is 12.0 Å². The van der Waals surface area contributed by atoms with Gasteiger partial charge in [-0.25, -0.2) is 0 Å². The lowest BCUT2D eigenvalue weighted by Crippen LogP contribution is -2.37. The number of piperidine rings is 1. The molecule has 2 rings (SSSR count). The summed E-state index contributed by atoms with van der Waals surface area (Å²) >= 11 is 5.70. The first kappa shape index (κ1) is 11.7. The molecule has 0 aromatic carbocycles. The summed E-state index contributed by atoms with van der Waals surface area (Å²) in [4.78, 5) is 6.50. The summed E-state index contributed by atoms with van der Waals surface area (Å²) in [6.45, 7) is 2.76. The zero-order valence-electron chi connectivity index (χ0n) is 9.49. The molecule has 0 saturated carbocycles. The van der Waals surface area contributed by atoms with E-state index in [-0.39, 0.29) is 0 Å². The van der Waals surface area contributed by atoms with Crippen molar-refractivity contribution in [3.63, 3.8) is 0 Å². The van der Waals surface area contributed by atoms with Crippen LogP contribution in [0.4, 0.5) is 6.01 Å². The lowest BCUT2D eigenvalue weighted by Gasteiger charge is -2.31. The monoisotopic (exact) mass is 244 g/mol. The summed E-state index contributed by atoms with van der Waals surface area (Å²) in [5, 5.41) is 0. The van der Waals surface area contributed by atoms with E-state index in [2.05, 4.69) is 9.88 Å². The molecule has 0 aliphatic carbocycles. The van der Waals surface area contributed by atoms with Gasteiger partial charge in [0.1, 0.15) is 6.26 Å². The quantitative estimate of drug-likeness (QED) is 0.762. The number of ether oxygens (including phenoxy) is 1. The highest BCUT2D eigenvalue weighted by molar-refractivity contribution is 6.16. The first-order chi connectivity index (χ1) is 7.83. The van der Waals surface area contributed by atoms with Gasteiger partial charge in [-0.3, -0.25) is 0 Å². The van der Waals surface area contributed by atoms with Crippen LogP contribution in [0.15, 0.2) is 10.7 Å². The average Bonchev–Trinajstić information content (AvgIpc) is 2.78. The number of halogens is 1. The molecular weight excluding hydrogens is 228 g/mol. The van der Waals surface area contributed by atoms with Gasteiger partial charge in [0.25, 0.3) is 6.01 Å². The van der Waals surface area contributed by atoms with Crippen molar-refractivity contribution < 1.29 is 9.15 Å². The molecule has 5 heteroatoms. The molecular formula is C11H17ClN2O2. The molecule has 90 valence electrons. The third-order valence-electron chi connectivity index (χ3n) is 2.87. The molecule has 4 nitrogen and oxygen atoms in total. The van der Waals surface area contributed by atoms with E-state index in [1.807, 2.05) is 0 Å². The van der Waals surface area contributed by atoms with Crippen LogP contribution in [0.3, 0.4) is 0 Å². The van der Waals surface area contributed by atoms with Crippen LogP contribution in [-0.2, 0) is 10.6 Å². The first-order valence-corrected chi connectivity index (χ1v) is 6.11. The zero-order valence-corrected chi connectivity index (χ0v) is 10.2. The van der Waals surface area contributed by atoms with Crippen molar-refractivity contribution in [1.29, 1.82) is 0 Å². The molecule has 1 aliphatic heterocycles. The summed E-state index contributed by atoms with van der Waals surface area (Å²) < 4.78 is 10.6. The molecule has 1 aromatic heterocycles. The van der Waals surface area contributed by atoms with Gasteiger partial charge in [0.05, 0.1) is 18.2 Å². The second kappa shape index (κ2) is 5.55. The maximum atomic E-state index is 5.70. The van der Waals surface area contributed by atoms with Gasteiger partial charge in [0.2, 0.25) is 0 Å². The van der Waals surface area contributed by atoms with Crippen molar-refractivity contribution in [2.24, 2.45) is 5.92 Å². The molecule has 16 heavy (non-hydrogen) atoms. The minimum Gasteiger partial charge on any atom is -0.432 e. The van der Waals surface area contributed by atoms with Gasteiger partial charge in [0, 0.05) is 20.2 Å². The van der Waals surface area contributed by atoms with Crippen LogP contribution in [0.5, 0.6) is 0 Å². The Hall–Kier alpha value is -0.740. The van der Waals surface area contributed by atoms with E-state index in [0.717, 1.165) is 31.8 Å². The highest BCUT2D eigenvalue weighted by atomic mass is 35.5. The number of anilines is 1. The van der Waals surface area contributed by atoms with Crippen LogP contribution in [0.25, 0.3) is 0 Å². The largest absolute Gasteiger partial charge is 0.432 e. The molecule has 1 unspecified atom stereocenters. The minimum absolute atomic E-state index is 0.402. The Kier molecular flexibility index (Phi) is 4.07. The summed E-state index contributed by atoms with van der Waals surface area (Å²) in [6.07, 6.45) is 4.00. The fourth-order valence-electron chi connectivity index (χ4n) is 2.11. The summed E-state index contributed by atoms with van der Waals surface area (Å²) in [7, 11) is 1.75. The number of aromatic nitrogens is 1. The van der Waals surface area contributed by atoms with E-state index in [1.54, 1.807) is 13.4 Å². The van der Waals surface area contributed by atoms with Crippen LogP contribution in [0.1, 0.15) is 18.5 Å².